The van der Waals surface area contributed by atoms with Crippen molar-refractivity contribution in [1.29, 1.82) is 0 Å². The molecule has 1 atom stereocenters. The maximum absolute atomic E-state index is 10.7. The topological polar surface area (TPSA) is 74.5 Å². The molecule has 8 nitrogen and oxygen atoms in total. The van der Waals surface area contributed by atoms with Gasteiger partial charge in [-0.1, -0.05) is 0 Å². The molecule has 0 aliphatic carbocycles. The van der Waals surface area contributed by atoms with E-state index in [1.54, 1.807) is 0 Å². The predicted octanol–water partition coefficient (Wildman–Crippen LogP) is 0.586. The van der Waals surface area contributed by atoms with E-state index in [2.05, 4.69) is 23.8 Å². The lowest BCUT2D eigenvalue weighted by Crippen LogP contribution is -2.60. The zero-order valence-corrected chi connectivity index (χ0v) is 12.4. The summed E-state index contributed by atoms with van der Waals surface area (Å²) in [5.41, 5.74) is 0. The molecular weight excluding hydrogens is 262 g/mol. The molecule has 2 rings (SSSR count). The third kappa shape index (κ3) is 3.57. The van der Waals surface area contributed by atoms with Gasteiger partial charge in [-0.05, 0) is 26.7 Å². The van der Waals surface area contributed by atoms with Gasteiger partial charge in [0.25, 0.3) is 5.96 Å². The number of guanidine groups is 1. The molecule has 0 N–H and O–H groups in total. The maximum atomic E-state index is 10.7. The van der Waals surface area contributed by atoms with Crippen molar-refractivity contribution in [3.8, 4) is 0 Å². The van der Waals surface area contributed by atoms with Crippen molar-refractivity contribution in [1.82, 2.24) is 14.7 Å². The summed E-state index contributed by atoms with van der Waals surface area (Å²) in [5.74, 6) is 0.419. The first-order valence-electron chi connectivity index (χ1n) is 7.02. The van der Waals surface area contributed by atoms with E-state index < -0.39 is 5.03 Å². The molecule has 0 amide bonds. The Labute approximate surface area is 119 Å². The van der Waals surface area contributed by atoms with Crippen LogP contribution >= 0.6 is 0 Å². The molecule has 8 heteroatoms. The largest absolute Gasteiger partial charge is 0.376 e. The fourth-order valence-electron chi connectivity index (χ4n) is 2.62. The van der Waals surface area contributed by atoms with E-state index in [9.17, 15) is 10.1 Å². The third-order valence-corrected chi connectivity index (χ3v) is 3.72. The zero-order valence-electron chi connectivity index (χ0n) is 12.4. The molecule has 114 valence electrons. The second-order valence-electron chi connectivity index (χ2n) is 5.66. The van der Waals surface area contributed by atoms with E-state index in [1.807, 2.05) is 16.8 Å². The van der Waals surface area contributed by atoms with Gasteiger partial charge < -0.3 is 14.5 Å². The molecule has 0 radical (unpaired) electrons. The van der Waals surface area contributed by atoms with Gasteiger partial charge in [0, 0.05) is 26.2 Å². The Morgan fingerprint density at radius 3 is 2.80 bits per heavy atom. The quantitative estimate of drug-likeness (QED) is 0.556. The highest BCUT2D eigenvalue weighted by Gasteiger charge is 2.32. The zero-order chi connectivity index (χ0) is 14.7. The van der Waals surface area contributed by atoms with Crippen molar-refractivity contribution in [2.75, 3.05) is 33.5 Å². The van der Waals surface area contributed by atoms with Crippen LogP contribution in [-0.2, 0) is 4.74 Å². The van der Waals surface area contributed by atoms with Gasteiger partial charge in [0.1, 0.15) is 5.10 Å². The van der Waals surface area contributed by atoms with Crippen LogP contribution in [0.3, 0.4) is 0 Å². The maximum Gasteiger partial charge on any atom is 0.275 e. The standard InChI is InChI=1S/C12H23N5O3/c1-10(2)16-8-14(3)12(13-17(18)19)15(9-16)7-11-5-4-6-20-11/h10-11H,4-9H2,1-3H3/b13-12+. The molecule has 2 saturated heterocycles. The van der Waals surface area contributed by atoms with Crippen LogP contribution in [0.15, 0.2) is 5.10 Å². The van der Waals surface area contributed by atoms with Crippen molar-refractivity contribution < 1.29 is 9.77 Å². The monoisotopic (exact) mass is 285 g/mol. The SMILES string of the molecule is CC(C)N1CN(C)/C(=N\[N+](=O)[O-])N(CC2CCCO2)C1. The first-order chi connectivity index (χ1) is 9.47. The van der Waals surface area contributed by atoms with E-state index in [0.717, 1.165) is 19.4 Å². The highest BCUT2D eigenvalue weighted by molar-refractivity contribution is 5.79. The molecular formula is C12H23N5O3. The van der Waals surface area contributed by atoms with Gasteiger partial charge in [-0.15, -0.1) is 0 Å². The Morgan fingerprint density at radius 2 is 2.25 bits per heavy atom. The van der Waals surface area contributed by atoms with Crippen LogP contribution in [0.1, 0.15) is 26.7 Å². The Morgan fingerprint density at radius 1 is 1.50 bits per heavy atom. The first kappa shape index (κ1) is 15.0. The summed E-state index contributed by atoms with van der Waals surface area (Å²) >= 11 is 0. The molecule has 0 saturated carbocycles. The minimum absolute atomic E-state index is 0.146. The van der Waals surface area contributed by atoms with Crippen molar-refractivity contribution in [2.24, 2.45) is 5.10 Å². The summed E-state index contributed by atoms with van der Waals surface area (Å²) in [6, 6.07) is 0.376. The van der Waals surface area contributed by atoms with Crippen LogP contribution in [0.4, 0.5) is 0 Å². The molecule has 0 spiro atoms. The van der Waals surface area contributed by atoms with Crippen LogP contribution in [0.5, 0.6) is 0 Å². The van der Waals surface area contributed by atoms with Crippen LogP contribution in [-0.4, -0.2) is 71.4 Å². The fraction of sp³-hybridized carbons (Fsp3) is 0.917. The Hall–Kier alpha value is -1.41. The molecule has 0 bridgehead atoms. The third-order valence-electron chi connectivity index (χ3n) is 3.72. The molecule has 2 heterocycles. The Bertz CT molecular complexity index is 379. The lowest BCUT2D eigenvalue weighted by atomic mass is 10.2. The lowest BCUT2D eigenvalue weighted by Gasteiger charge is -2.44. The van der Waals surface area contributed by atoms with E-state index >= 15 is 0 Å². The van der Waals surface area contributed by atoms with Crippen LogP contribution in [0, 0.1) is 10.1 Å². The second kappa shape index (κ2) is 6.36. The van der Waals surface area contributed by atoms with Gasteiger partial charge in [0.2, 0.25) is 0 Å². The average molecular weight is 285 g/mol. The van der Waals surface area contributed by atoms with Gasteiger partial charge in [-0.25, -0.2) is 10.1 Å². The number of rotatable bonds is 4. The first-order valence-corrected chi connectivity index (χ1v) is 7.02. The lowest BCUT2D eigenvalue weighted by molar-refractivity contribution is -0.486. The van der Waals surface area contributed by atoms with Gasteiger partial charge in [0.15, 0.2) is 5.03 Å². The number of hydrazone groups is 1. The van der Waals surface area contributed by atoms with E-state index in [0.29, 0.717) is 31.9 Å². The Balaban J connectivity index is 2.12. The van der Waals surface area contributed by atoms with Crippen LogP contribution < -0.4 is 0 Å². The normalized spacial score (nSPS) is 26.8. The molecule has 1 unspecified atom stereocenters. The van der Waals surface area contributed by atoms with Gasteiger partial charge in [-0.2, -0.15) is 0 Å². The summed E-state index contributed by atoms with van der Waals surface area (Å²) in [6.45, 7) is 6.96. The molecule has 20 heavy (non-hydrogen) atoms. The van der Waals surface area contributed by atoms with E-state index in [4.69, 9.17) is 4.74 Å². The second-order valence-corrected chi connectivity index (χ2v) is 5.66. The molecule has 2 aliphatic heterocycles. The van der Waals surface area contributed by atoms with Gasteiger partial charge in [0.05, 0.1) is 19.4 Å². The molecule has 0 aromatic carbocycles. The van der Waals surface area contributed by atoms with E-state index in [1.165, 1.54) is 0 Å². The molecule has 0 aromatic rings. The van der Waals surface area contributed by atoms with Crippen molar-refractivity contribution in [2.45, 2.75) is 38.8 Å². The fourth-order valence-corrected chi connectivity index (χ4v) is 2.62. The minimum atomic E-state index is -0.626. The van der Waals surface area contributed by atoms with Crippen molar-refractivity contribution in [3.63, 3.8) is 0 Å². The molecule has 0 aromatic heterocycles. The predicted molar refractivity (Wildman–Crippen MR) is 74.6 cm³/mol. The highest BCUT2D eigenvalue weighted by Crippen LogP contribution is 2.18. The number of nitrogens with zero attached hydrogens (tertiary/aromatic N) is 5. The number of hydrogen-bond acceptors (Lipinski definition) is 4. The number of nitro groups is 1. The van der Waals surface area contributed by atoms with Gasteiger partial charge in [-0.3, -0.25) is 4.90 Å². The summed E-state index contributed by atoms with van der Waals surface area (Å²) in [4.78, 5) is 16.7. The van der Waals surface area contributed by atoms with Crippen LogP contribution in [0.2, 0.25) is 0 Å². The van der Waals surface area contributed by atoms with Crippen molar-refractivity contribution >= 4 is 5.96 Å². The highest BCUT2D eigenvalue weighted by atomic mass is 16.7. The number of ether oxygens (including phenoxy) is 1. The summed E-state index contributed by atoms with van der Waals surface area (Å²) in [5, 5.41) is 13.6. The molecule has 2 fully saturated rings. The minimum Gasteiger partial charge on any atom is -0.376 e. The van der Waals surface area contributed by atoms with E-state index in [-0.39, 0.29) is 6.10 Å². The number of hydrogen-bond donors (Lipinski definition) is 0. The van der Waals surface area contributed by atoms with Crippen molar-refractivity contribution in [3.05, 3.63) is 10.1 Å². The molecule has 2 aliphatic rings. The van der Waals surface area contributed by atoms with Gasteiger partial charge >= 0.3 is 0 Å². The Kier molecular flexibility index (Phi) is 4.77. The smallest absolute Gasteiger partial charge is 0.275 e. The summed E-state index contributed by atoms with van der Waals surface area (Å²) in [6.07, 6.45) is 2.21. The summed E-state index contributed by atoms with van der Waals surface area (Å²) < 4.78 is 5.64. The summed E-state index contributed by atoms with van der Waals surface area (Å²) in [7, 11) is 1.83. The van der Waals surface area contributed by atoms with Crippen LogP contribution in [0.25, 0.3) is 0 Å². The average Bonchev–Trinajstić information content (AvgIpc) is 2.85.